The Labute approximate surface area is 129 Å². The van der Waals surface area contributed by atoms with E-state index in [1.807, 2.05) is 6.07 Å². The van der Waals surface area contributed by atoms with Crippen molar-refractivity contribution in [1.82, 2.24) is 0 Å². The Morgan fingerprint density at radius 2 is 1.48 bits per heavy atom. The molecule has 1 saturated heterocycles. The summed E-state index contributed by atoms with van der Waals surface area (Å²) >= 11 is 0. The van der Waals surface area contributed by atoms with E-state index >= 15 is 0 Å². The SMILES string of the molecule is CC(C)C(/C=C/c1ccccc1)B1OC(C)(C)C(C)(C)O1. The molecule has 1 atom stereocenters. The Morgan fingerprint density at radius 1 is 0.952 bits per heavy atom. The van der Waals surface area contributed by atoms with Crippen LogP contribution < -0.4 is 0 Å². The van der Waals surface area contributed by atoms with Gasteiger partial charge in [-0.3, -0.25) is 0 Å². The number of hydrogen-bond donors (Lipinski definition) is 0. The highest BCUT2D eigenvalue weighted by Crippen LogP contribution is 2.42. The molecule has 21 heavy (non-hydrogen) atoms. The quantitative estimate of drug-likeness (QED) is 0.739. The van der Waals surface area contributed by atoms with Crippen LogP contribution in [0.25, 0.3) is 6.08 Å². The van der Waals surface area contributed by atoms with E-state index in [0.29, 0.717) is 5.92 Å². The highest BCUT2D eigenvalue weighted by Gasteiger charge is 2.53. The van der Waals surface area contributed by atoms with Crippen molar-refractivity contribution in [1.29, 1.82) is 0 Å². The largest absolute Gasteiger partial charge is 0.465 e. The van der Waals surface area contributed by atoms with E-state index in [2.05, 4.69) is 78.0 Å². The number of hydrogen-bond acceptors (Lipinski definition) is 2. The summed E-state index contributed by atoms with van der Waals surface area (Å²) in [6, 6.07) is 10.4. The van der Waals surface area contributed by atoms with Gasteiger partial charge in [0, 0.05) is 5.82 Å². The minimum absolute atomic E-state index is 0.185. The standard InChI is InChI=1S/C18H27BO2/c1-14(2)16(13-12-15-10-8-7-9-11-15)19-20-17(3,4)18(5,6)21-19/h7-14,16H,1-6H3/b13-12+. The fourth-order valence-corrected chi connectivity index (χ4v) is 2.46. The van der Waals surface area contributed by atoms with Crippen LogP contribution in [0.1, 0.15) is 47.1 Å². The third-order valence-electron chi connectivity index (χ3n) is 4.67. The molecule has 0 radical (unpaired) electrons. The van der Waals surface area contributed by atoms with Crippen molar-refractivity contribution >= 4 is 13.2 Å². The molecule has 2 rings (SSSR count). The molecule has 0 spiro atoms. The molecule has 2 nitrogen and oxygen atoms in total. The van der Waals surface area contributed by atoms with Crippen molar-refractivity contribution < 1.29 is 9.31 Å². The maximum absolute atomic E-state index is 6.20. The van der Waals surface area contributed by atoms with Gasteiger partial charge < -0.3 is 9.31 Å². The summed E-state index contributed by atoms with van der Waals surface area (Å²) in [5.74, 6) is 0.700. The minimum atomic E-state index is -0.272. The first kappa shape index (κ1) is 16.3. The number of rotatable bonds is 4. The van der Waals surface area contributed by atoms with Crippen LogP contribution in [0, 0.1) is 5.92 Å². The molecule has 1 aliphatic heterocycles. The first-order valence-electron chi connectivity index (χ1n) is 7.82. The normalized spacial score (nSPS) is 22.1. The summed E-state index contributed by atoms with van der Waals surface area (Å²) in [7, 11) is -0.185. The molecular formula is C18H27BO2. The van der Waals surface area contributed by atoms with Crippen molar-refractivity contribution in [3.05, 3.63) is 42.0 Å². The van der Waals surface area contributed by atoms with Crippen molar-refractivity contribution in [2.75, 3.05) is 0 Å². The first-order chi connectivity index (χ1) is 9.73. The maximum Gasteiger partial charge on any atom is 0.465 e. The summed E-state index contributed by atoms with van der Waals surface area (Å²) < 4.78 is 12.4. The molecule has 0 saturated carbocycles. The van der Waals surface area contributed by atoms with Crippen LogP contribution in [0.5, 0.6) is 0 Å². The Kier molecular flexibility index (Phi) is 4.65. The van der Waals surface area contributed by atoms with Gasteiger partial charge in [0.1, 0.15) is 0 Å². The van der Waals surface area contributed by atoms with E-state index in [1.54, 1.807) is 0 Å². The molecule has 114 valence electrons. The molecule has 1 aromatic rings. The van der Waals surface area contributed by atoms with Crippen molar-refractivity contribution in [3.8, 4) is 0 Å². The molecule has 0 aliphatic carbocycles. The molecule has 1 heterocycles. The lowest BCUT2D eigenvalue weighted by molar-refractivity contribution is 0.00578. The predicted molar refractivity (Wildman–Crippen MR) is 90.1 cm³/mol. The van der Waals surface area contributed by atoms with Gasteiger partial charge in [0.05, 0.1) is 11.2 Å². The van der Waals surface area contributed by atoms with E-state index in [4.69, 9.17) is 9.31 Å². The molecule has 0 amide bonds. The molecule has 1 aliphatic rings. The molecule has 1 aromatic carbocycles. The summed E-state index contributed by atoms with van der Waals surface area (Å²) in [6.07, 6.45) is 4.39. The first-order valence-corrected chi connectivity index (χ1v) is 7.82. The minimum Gasteiger partial charge on any atom is -0.403 e. The van der Waals surface area contributed by atoms with Gasteiger partial charge in [-0.1, -0.05) is 56.3 Å². The van der Waals surface area contributed by atoms with Crippen LogP contribution in [0.4, 0.5) is 0 Å². The lowest BCUT2D eigenvalue weighted by Crippen LogP contribution is -2.41. The van der Waals surface area contributed by atoms with E-state index in [-0.39, 0.29) is 24.1 Å². The van der Waals surface area contributed by atoms with E-state index in [0.717, 1.165) is 0 Å². The van der Waals surface area contributed by atoms with Gasteiger partial charge in [-0.05, 0) is 39.2 Å². The van der Waals surface area contributed by atoms with Crippen LogP contribution >= 0.6 is 0 Å². The molecule has 0 aromatic heterocycles. The Morgan fingerprint density at radius 3 is 1.95 bits per heavy atom. The topological polar surface area (TPSA) is 18.5 Å². The zero-order valence-electron chi connectivity index (χ0n) is 14.1. The number of allylic oxidation sites excluding steroid dienone is 1. The maximum atomic E-state index is 6.20. The van der Waals surface area contributed by atoms with Crippen LogP contribution in [0.2, 0.25) is 5.82 Å². The smallest absolute Gasteiger partial charge is 0.403 e. The van der Waals surface area contributed by atoms with Gasteiger partial charge in [-0.2, -0.15) is 0 Å². The Bertz CT molecular complexity index is 475. The summed E-state index contributed by atoms with van der Waals surface area (Å²) in [4.78, 5) is 0. The lowest BCUT2D eigenvalue weighted by Gasteiger charge is -2.32. The predicted octanol–water partition coefficient (Wildman–Crippen LogP) is 4.82. The van der Waals surface area contributed by atoms with Gasteiger partial charge in [-0.15, -0.1) is 0 Å². The average molecular weight is 286 g/mol. The third kappa shape index (κ3) is 3.59. The van der Waals surface area contributed by atoms with E-state index in [1.165, 1.54) is 5.56 Å². The molecule has 0 bridgehead atoms. The fourth-order valence-electron chi connectivity index (χ4n) is 2.46. The number of benzene rings is 1. The van der Waals surface area contributed by atoms with Gasteiger partial charge in [0.2, 0.25) is 0 Å². The summed E-state index contributed by atoms with van der Waals surface area (Å²) in [6.45, 7) is 12.8. The van der Waals surface area contributed by atoms with Crippen molar-refractivity contribution in [3.63, 3.8) is 0 Å². The summed E-state index contributed by atoms with van der Waals surface area (Å²) in [5.41, 5.74) is 0.663. The Hall–Kier alpha value is -1.06. The molecule has 3 heteroatoms. The molecular weight excluding hydrogens is 259 g/mol. The summed E-state index contributed by atoms with van der Waals surface area (Å²) in [5, 5.41) is 0. The van der Waals surface area contributed by atoms with Gasteiger partial charge in [0.25, 0.3) is 0 Å². The highest BCUT2D eigenvalue weighted by molar-refractivity contribution is 6.48. The van der Waals surface area contributed by atoms with Gasteiger partial charge >= 0.3 is 7.12 Å². The monoisotopic (exact) mass is 286 g/mol. The average Bonchev–Trinajstić information content (AvgIpc) is 2.59. The lowest BCUT2D eigenvalue weighted by atomic mass is 9.65. The highest BCUT2D eigenvalue weighted by atomic mass is 16.7. The van der Waals surface area contributed by atoms with Crippen LogP contribution in [0.3, 0.4) is 0 Å². The zero-order valence-corrected chi connectivity index (χ0v) is 14.1. The third-order valence-corrected chi connectivity index (χ3v) is 4.67. The Balaban J connectivity index is 2.16. The van der Waals surface area contributed by atoms with Gasteiger partial charge in [0.15, 0.2) is 0 Å². The van der Waals surface area contributed by atoms with Crippen molar-refractivity contribution in [2.24, 2.45) is 5.92 Å². The second kappa shape index (κ2) is 5.98. The van der Waals surface area contributed by atoms with E-state index < -0.39 is 0 Å². The fraction of sp³-hybridized carbons (Fsp3) is 0.556. The van der Waals surface area contributed by atoms with Crippen molar-refractivity contribution in [2.45, 2.75) is 58.6 Å². The molecule has 1 fully saturated rings. The van der Waals surface area contributed by atoms with Crippen LogP contribution in [-0.2, 0) is 9.31 Å². The second-order valence-corrected chi connectivity index (χ2v) is 7.22. The second-order valence-electron chi connectivity index (χ2n) is 7.22. The van der Waals surface area contributed by atoms with Crippen LogP contribution in [-0.4, -0.2) is 18.3 Å². The van der Waals surface area contributed by atoms with Gasteiger partial charge in [-0.25, -0.2) is 0 Å². The molecule has 1 unspecified atom stereocenters. The molecule has 0 N–H and O–H groups in total. The zero-order chi connectivity index (χ0) is 15.7. The van der Waals surface area contributed by atoms with E-state index in [9.17, 15) is 0 Å². The van der Waals surface area contributed by atoms with Crippen LogP contribution in [0.15, 0.2) is 36.4 Å².